The van der Waals surface area contributed by atoms with Gasteiger partial charge in [0.2, 0.25) is 11.4 Å². The van der Waals surface area contributed by atoms with Crippen molar-refractivity contribution < 1.29 is 32.2 Å². The standard InChI is InChI=1S/C23H20F3N5O5/c1-27-31-17-13(19(32)14(21(31)26)22(33)34)15(24)16(25)18(20(17)35-2)29-7-9-30(10-8-29)23-28-11-5-3-4-6-12(11)36-23/h3-6,27H,7-10H2,1-2H3,(H,33,34). The van der Waals surface area contributed by atoms with Crippen LogP contribution in [0.25, 0.3) is 22.0 Å². The zero-order chi connectivity index (χ0) is 25.7. The number of benzene rings is 2. The van der Waals surface area contributed by atoms with Crippen molar-refractivity contribution in [3.05, 3.63) is 57.6 Å². The summed E-state index contributed by atoms with van der Waals surface area (Å²) in [7, 11) is 2.40. The number of pyridine rings is 1. The third-order valence-electron chi connectivity index (χ3n) is 6.16. The number of hydrogen-bond acceptors (Lipinski definition) is 8. The van der Waals surface area contributed by atoms with Gasteiger partial charge in [-0.05, 0) is 12.1 Å². The van der Waals surface area contributed by atoms with Crippen molar-refractivity contribution in [2.45, 2.75) is 0 Å². The number of rotatable bonds is 5. The Kier molecular flexibility index (Phi) is 5.61. The van der Waals surface area contributed by atoms with Gasteiger partial charge in [0.1, 0.15) is 16.7 Å². The second kappa shape index (κ2) is 8.66. The molecule has 0 spiro atoms. The first kappa shape index (κ1) is 23.3. The van der Waals surface area contributed by atoms with Crippen LogP contribution < -0.4 is 25.4 Å². The van der Waals surface area contributed by atoms with Crippen LogP contribution in [0.15, 0.2) is 33.5 Å². The lowest BCUT2D eigenvalue weighted by molar-refractivity contribution is 0.0688. The van der Waals surface area contributed by atoms with E-state index in [0.29, 0.717) is 34.9 Å². The summed E-state index contributed by atoms with van der Waals surface area (Å²) >= 11 is 0. The number of aromatic nitrogens is 2. The molecule has 1 aliphatic heterocycles. The van der Waals surface area contributed by atoms with Crippen LogP contribution in [0.1, 0.15) is 10.4 Å². The van der Waals surface area contributed by atoms with Gasteiger partial charge in [-0.1, -0.05) is 12.1 Å². The second-order valence-electron chi connectivity index (χ2n) is 8.03. The van der Waals surface area contributed by atoms with Crippen molar-refractivity contribution in [2.75, 3.05) is 55.6 Å². The number of halogens is 3. The molecular weight excluding hydrogens is 483 g/mol. The molecule has 0 amide bonds. The van der Waals surface area contributed by atoms with Gasteiger partial charge in [-0.15, -0.1) is 0 Å². The maximum absolute atomic E-state index is 15.4. The first-order chi connectivity index (χ1) is 17.3. The summed E-state index contributed by atoms with van der Waals surface area (Å²) in [6, 6.07) is 7.65. The van der Waals surface area contributed by atoms with Crippen molar-refractivity contribution in [3.8, 4) is 5.75 Å². The van der Waals surface area contributed by atoms with Crippen LogP contribution in [0.2, 0.25) is 0 Å². The van der Waals surface area contributed by atoms with Gasteiger partial charge in [0, 0.05) is 33.2 Å². The van der Waals surface area contributed by atoms with Gasteiger partial charge in [0.15, 0.2) is 28.5 Å². The Bertz CT molecular complexity index is 1540. The van der Waals surface area contributed by atoms with Crippen LogP contribution in [0, 0.1) is 17.6 Å². The van der Waals surface area contributed by atoms with E-state index >= 15 is 8.78 Å². The van der Waals surface area contributed by atoms with Crippen LogP contribution in [-0.4, -0.2) is 61.1 Å². The van der Waals surface area contributed by atoms with E-state index in [-0.39, 0.29) is 24.5 Å². The highest BCUT2D eigenvalue weighted by Gasteiger charge is 2.34. The molecule has 4 aromatic rings. The average molecular weight is 503 g/mol. The number of methoxy groups -OCH3 is 1. The number of ether oxygens (including phenoxy) is 1. The van der Waals surface area contributed by atoms with Crippen molar-refractivity contribution in [3.63, 3.8) is 0 Å². The molecule has 0 saturated carbocycles. The summed E-state index contributed by atoms with van der Waals surface area (Å²) in [5.41, 5.74) is 0.0921. The van der Waals surface area contributed by atoms with Gasteiger partial charge >= 0.3 is 5.97 Å². The number of nitrogens with one attached hydrogen (secondary N) is 1. The molecular formula is C23H20F3N5O5. The predicted octanol–water partition coefficient (Wildman–Crippen LogP) is 2.77. The highest BCUT2D eigenvalue weighted by atomic mass is 19.2. The highest BCUT2D eigenvalue weighted by Crippen LogP contribution is 2.40. The Morgan fingerprint density at radius 3 is 2.39 bits per heavy atom. The molecule has 2 N–H and O–H groups in total. The third-order valence-corrected chi connectivity index (χ3v) is 6.16. The number of carbonyl (C=O) groups is 1. The molecule has 5 rings (SSSR count). The number of nitrogens with zero attached hydrogens (tertiary/aromatic N) is 4. The summed E-state index contributed by atoms with van der Waals surface area (Å²) < 4.78 is 57.4. The van der Waals surface area contributed by atoms with Crippen LogP contribution in [0.4, 0.5) is 24.9 Å². The zero-order valence-corrected chi connectivity index (χ0v) is 19.1. The Morgan fingerprint density at radius 1 is 1.11 bits per heavy atom. The molecule has 1 saturated heterocycles. The van der Waals surface area contributed by atoms with Crippen molar-refractivity contribution in [1.82, 2.24) is 9.66 Å². The van der Waals surface area contributed by atoms with Gasteiger partial charge in [-0.2, -0.15) is 9.37 Å². The van der Waals surface area contributed by atoms with Gasteiger partial charge in [0.25, 0.3) is 6.01 Å². The van der Waals surface area contributed by atoms with E-state index in [9.17, 15) is 19.1 Å². The molecule has 0 radical (unpaired) electrons. The van der Waals surface area contributed by atoms with Crippen LogP contribution in [0.5, 0.6) is 5.75 Å². The predicted molar refractivity (Wildman–Crippen MR) is 125 cm³/mol. The van der Waals surface area contributed by atoms with E-state index in [1.165, 1.54) is 11.9 Å². The summed E-state index contributed by atoms with van der Waals surface area (Å²) in [4.78, 5) is 32.0. The number of piperazine rings is 1. The van der Waals surface area contributed by atoms with Crippen molar-refractivity contribution in [2.24, 2.45) is 0 Å². The Morgan fingerprint density at radius 2 is 1.78 bits per heavy atom. The Balaban J connectivity index is 1.60. The number of para-hydroxylation sites is 2. The minimum absolute atomic E-state index is 0.191. The van der Waals surface area contributed by atoms with Crippen LogP contribution >= 0.6 is 0 Å². The molecule has 0 unspecified atom stereocenters. The summed E-state index contributed by atoms with van der Waals surface area (Å²) in [5.74, 6) is -6.71. The fourth-order valence-electron chi connectivity index (χ4n) is 4.48. The minimum atomic E-state index is -1.92. The summed E-state index contributed by atoms with van der Waals surface area (Å²) in [6.45, 7) is 1.05. The minimum Gasteiger partial charge on any atom is -0.492 e. The Hall–Kier alpha value is -4.42. The SMILES string of the molecule is CNn1c(F)c(C(=O)O)c(=O)c2c(F)c(F)c(N3CCN(c4nc5ccccc5o4)CC3)c(OC)c21. The van der Waals surface area contributed by atoms with Gasteiger partial charge in [-0.25, -0.2) is 18.3 Å². The lowest BCUT2D eigenvalue weighted by Gasteiger charge is -2.36. The third kappa shape index (κ3) is 3.38. The number of carboxylic acids is 1. The fraction of sp³-hybridized carbons (Fsp3) is 0.261. The van der Waals surface area contributed by atoms with Crippen LogP contribution in [-0.2, 0) is 0 Å². The molecule has 1 fully saturated rings. The van der Waals surface area contributed by atoms with Crippen molar-refractivity contribution >= 4 is 39.7 Å². The molecule has 0 atom stereocenters. The maximum Gasteiger partial charge on any atom is 0.344 e. The first-order valence-electron chi connectivity index (χ1n) is 10.9. The molecule has 2 aromatic heterocycles. The number of aromatic carboxylic acids is 1. The zero-order valence-electron chi connectivity index (χ0n) is 19.1. The molecule has 36 heavy (non-hydrogen) atoms. The number of oxazole rings is 1. The number of fused-ring (bicyclic) bond motifs is 2. The first-order valence-corrected chi connectivity index (χ1v) is 10.9. The second-order valence-corrected chi connectivity index (χ2v) is 8.03. The lowest BCUT2D eigenvalue weighted by atomic mass is 10.1. The average Bonchev–Trinajstić information content (AvgIpc) is 3.30. The quantitative estimate of drug-likeness (QED) is 0.397. The number of anilines is 2. The number of hydrogen-bond donors (Lipinski definition) is 2. The molecule has 1 aliphatic rings. The van der Waals surface area contributed by atoms with Crippen molar-refractivity contribution in [1.29, 1.82) is 0 Å². The topological polar surface area (TPSA) is 113 Å². The summed E-state index contributed by atoms with van der Waals surface area (Å²) in [6.07, 6.45) is 0. The normalized spacial score (nSPS) is 14.0. The molecule has 0 aliphatic carbocycles. The monoisotopic (exact) mass is 503 g/mol. The molecule has 0 bridgehead atoms. The summed E-state index contributed by atoms with van der Waals surface area (Å²) in [5, 5.41) is 8.34. The van der Waals surface area contributed by atoms with Gasteiger partial charge in [-0.3, -0.25) is 4.79 Å². The van der Waals surface area contributed by atoms with E-state index in [2.05, 4.69) is 10.4 Å². The molecule has 13 heteroatoms. The largest absolute Gasteiger partial charge is 0.492 e. The Labute approximate surface area is 201 Å². The van der Waals surface area contributed by atoms with E-state index in [4.69, 9.17) is 9.15 Å². The molecule has 188 valence electrons. The van der Waals surface area contributed by atoms with E-state index in [1.54, 1.807) is 6.07 Å². The van der Waals surface area contributed by atoms with Crippen LogP contribution in [0.3, 0.4) is 0 Å². The maximum atomic E-state index is 15.4. The van der Waals surface area contributed by atoms with Gasteiger partial charge < -0.3 is 29.5 Å². The van der Waals surface area contributed by atoms with E-state index in [0.717, 1.165) is 7.11 Å². The molecule has 3 heterocycles. The number of carboxylic acid groups (broad SMARTS) is 1. The highest BCUT2D eigenvalue weighted by molar-refractivity contribution is 5.97. The molecule has 10 nitrogen and oxygen atoms in total. The van der Waals surface area contributed by atoms with E-state index < -0.39 is 45.4 Å². The van der Waals surface area contributed by atoms with Gasteiger partial charge in [0.05, 0.1) is 12.5 Å². The fourth-order valence-corrected chi connectivity index (χ4v) is 4.48. The van der Waals surface area contributed by atoms with E-state index in [1.807, 2.05) is 23.1 Å². The lowest BCUT2D eigenvalue weighted by Crippen LogP contribution is -2.47. The molecule has 2 aromatic carbocycles. The smallest absolute Gasteiger partial charge is 0.344 e.